The van der Waals surface area contributed by atoms with Gasteiger partial charge >= 0.3 is 0 Å². The van der Waals surface area contributed by atoms with Gasteiger partial charge in [0, 0.05) is 43.8 Å². The van der Waals surface area contributed by atoms with Gasteiger partial charge in [-0.15, -0.1) is 15.3 Å². The molecule has 0 bridgehead atoms. The Hall–Kier alpha value is -4.47. The van der Waals surface area contributed by atoms with Crippen LogP contribution in [-0.4, -0.2) is 31.4 Å². The van der Waals surface area contributed by atoms with E-state index in [0.717, 1.165) is 29.8 Å². The third-order valence-electron chi connectivity index (χ3n) is 6.21. The van der Waals surface area contributed by atoms with Gasteiger partial charge in [-0.3, -0.25) is 14.9 Å². The highest BCUT2D eigenvalue weighted by Gasteiger charge is 2.14. The zero-order valence-electron chi connectivity index (χ0n) is 23.2. The first-order valence-electron chi connectivity index (χ1n) is 12.7. The smallest absolute Gasteiger partial charge is 0.296 e. The Morgan fingerprint density at radius 1 is 0.949 bits per heavy atom. The van der Waals surface area contributed by atoms with Crippen molar-refractivity contribution in [3.63, 3.8) is 0 Å². The molecule has 0 amide bonds. The summed E-state index contributed by atoms with van der Waals surface area (Å²) in [6.07, 6.45) is 1.40. The van der Waals surface area contributed by atoms with Crippen LogP contribution >= 0.6 is 0 Å². The Balaban J connectivity index is 1.72. The number of carbonyl (C=O) groups is 1. The third kappa shape index (κ3) is 8.00. The molecule has 10 nitrogen and oxygen atoms in total. The van der Waals surface area contributed by atoms with Crippen molar-refractivity contribution in [3.8, 4) is 5.75 Å². The number of aryl methyl sites for hydroxylation is 2. The van der Waals surface area contributed by atoms with Crippen molar-refractivity contribution in [3.05, 3.63) is 75.8 Å². The van der Waals surface area contributed by atoms with E-state index < -0.39 is 4.92 Å². The maximum atomic E-state index is 11.8. The van der Waals surface area contributed by atoms with E-state index in [0.29, 0.717) is 29.2 Å². The van der Waals surface area contributed by atoms with Crippen LogP contribution in [0.15, 0.2) is 75.1 Å². The van der Waals surface area contributed by atoms with Crippen molar-refractivity contribution >= 4 is 39.9 Å². The fraction of sp³-hybridized carbons (Fsp3) is 0.345. The maximum absolute atomic E-state index is 11.8. The van der Waals surface area contributed by atoms with Gasteiger partial charge in [0.25, 0.3) is 5.69 Å². The van der Waals surface area contributed by atoms with Gasteiger partial charge in [0.1, 0.15) is 17.2 Å². The minimum Gasteiger partial charge on any atom is -0.494 e. The van der Waals surface area contributed by atoms with Crippen molar-refractivity contribution < 1.29 is 14.5 Å². The van der Waals surface area contributed by atoms with Gasteiger partial charge in [-0.25, -0.2) is 0 Å². The average molecular weight is 531 g/mol. The van der Waals surface area contributed by atoms with Crippen LogP contribution in [0.1, 0.15) is 37.8 Å². The first-order chi connectivity index (χ1) is 18.6. The largest absolute Gasteiger partial charge is 0.494 e. The minimum absolute atomic E-state index is 0.0746. The molecular weight excluding hydrogens is 496 g/mol. The predicted octanol–water partition coefficient (Wildman–Crippen LogP) is 8.49. The van der Waals surface area contributed by atoms with Crippen molar-refractivity contribution in [1.29, 1.82) is 0 Å². The number of nitro benzene ring substituents is 1. The highest BCUT2D eigenvalue weighted by molar-refractivity contribution is 5.80. The molecule has 0 heterocycles. The lowest BCUT2D eigenvalue weighted by Crippen LogP contribution is -2.19. The summed E-state index contributed by atoms with van der Waals surface area (Å²) in [6.45, 7) is 8.27. The number of ketones is 1. The third-order valence-corrected chi connectivity index (χ3v) is 6.21. The Kier molecular flexibility index (Phi) is 9.97. The van der Waals surface area contributed by atoms with Crippen molar-refractivity contribution in [1.82, 2.24) is 0 Å². The Morgan fingerprint density at radius 2 is 1.62 bits per heavy atom. The van der Waals surface area contributed by atoms with Crippen molar-refractivity contribution in [2.24, 2.45) is 26.4 Å². The molecule has 0 N–H and O–H groups in total. The van der Waals surface area contributed by atoms with E-state index in [1.54, 1.807) is 31.2 Å². The molecule has 0 saturated heterocycles. The summed E-state index contributed by atoms with van der Waals surface area (Å²) >= 11 is 0. The lowest BCUT2D eigenvalue weighted by Gasteiger charge is -2.19. The molecule has 0 fully saturated rings. The highest BCUT2D eigenvalue weighted by Crippen LogP contribution is 2.37. The normalized spacial score (nSPS) is 11.5. The lowest BCUT2D eigenvalue weighted by molar-refractivity contribution is -0.384. The molecule has 3 aromatic carbocycles. The molecule has 0 aliphatic heterocycles. The molecule has 39 heavy (non-hydrogen) atoms. The number of anilines is 1. The van der Waals surface area contributed by atoms with Gasteiger partial charge in [0.2, 0.25) is 0 Å². The molecule has 204 valence electrons. The van der Waals surface area contributed by atoms with Crippen LogP contribution in [0.25, 0.3) is 0 Å². The van der Waals surface area contributed by atoms with E-state index >= 15 is 0 Å². The van der Waals surface area contributed by atoms with Crippen LogP contribution in [-0.2, 0) is 4.79 Å². The molecule has 0 unspecified atom stereocenters. The summed E-state index contributed by atoms with van der Waals surface area (Å²) in [7, 11) is 3.52. The fourth-order valence-electron chi connectivity index (χ4n) is 3.78. The zero-order valence-corrected chi connectivity index (χ0v) is 23.2. The van der Waals surface area contributed by atoms with Crippen LogP contribution in [0.2, 0.25) is 0 Å². The maximum Gasteiger partial charge on any atom is 0.296 e. The number of hydrogen-bond donors (Lipinski definition) is 0. The predicted molar refractivity (Wildman–Crippen MR) is 153 cm³/mol. The summed E-state index contributed by atoms with van der Waals surface area (Å²) in [5, 5.41) is 28.4. The minimum atomic E-state index is -0.473. The van der Waals surface area contributed by atoms with Gasteiger partial charge < -0.3 is 9.64 Å². The SMILES string of the molecule is COc1cc(N=Nc2ccc(C)cc2[N+](=O)[O-])c(C)cc1N=Nc1ccc(N(C)CCCC(=O)C(C)C)cc1. The number of hydrogen-bond acceptors (Lipinski definition) is 9. The second-order valence-electron chi connectivity index (χ2n) is 9.62. The number of nitrogens with zero attached hydrogens (tertiary/aromatic N) is 6. The molecule has 0 atom stereocenters. The van der Waals surface area contributed by atoms with Crippen LogP contribution in [0.3, 0.4) is 0 Å². The number of Topliss-reactive ketones (excluding diaryl/α,β-unsaturated/α-hetero) is 1. The second-order valence-corrected chi connectivity index (χ2v) is 9.62. The number of nitro groups is 1. The van der Waals surface area contributed by atoms with Gasteiger partial charge in [0.15, 0.2) is 5.69 Å². The van der Waals surface area contributed by atoms with E-state index in [4.69, 9.17) is 4.74 Å². The standard InChI is InChI=1S/C29H34N6O4/c1-19(2)28(36)8-7-15-34(5)23-12-10-22(11-13-23)30-33-26-17-21(4)25(18-29(26)39-6)32-31-24-14-9-20(3)16-27(24)35(37)38/h9-14,16-19H,7-8,15H2,1-6H3. The quantitative estimate of drug-likeness (QED) is 0.132. The molecule has 0 spiro atoms. The summed E-state index contributed by atoms with van der Waals surface area (Å²) < 4.78 is 5.48. The van der Waals surface area contributed by atoms with Gasteiger partial charge in [-0.1, -0.05) is 19.9 Å². The van der Waals surface area contributed by atoms with E-state index in [1.807, 2.05) is 52.1 Å². The van der Waals surface area contributed by atoms with Gasteiger partial charge in [-0.2, -0.15) is 5.11 Å². The van der Waals surface area contributed by atoms with Crippen LogP contribution in [0.5, 0.6) is 5.75 Å². The molecule has 0 saturated carbocycles. The van der Waals surface area contributed by atoms with Crippen LogP contribution in [0, 0.1) is 29.9 Å². The Labute approximate surface area is 228 Å². The molecule has 0 radical (unpaired) electrons. The Morgan fingerprint density at radius 3 is 2.26 bits per heavy atom. The molecule has 3 rings (SSSR count). The number of ether oxygens (including phenoxy) is 1. The molecular formula is C29H34N6O4. The number of azo groups is 2. The summed E-state index contributed by atoms with van der Waals surface area (Å²) in [4.78, 5) is 24.8. The zero-order chi connectivity index (χ0) is 28.5. The van der Waals surface area contributed by atoms with Crippen molar-refractivity contribution in [2.45, 2.75) is 40.5 Å². The molecule has 0 aliphatic rings. The summed E-state index contributed by atoms with van der Waals surface area (Å²) in [6, 6.07) is 15.9. The number of carbonyl (C=O) groups excluding carboxylic acids is 1. The number of methoxy groups -OCH3 is 1. The second kappa shape index (κ2) is 13.4. The topological polar surface area (TPSA) is 122 Å². The molecule has 3 aromatic rings. The summed E-state index contributed by atoms with van der Waals surface area (Å²) in [5.74, 6) is 0.811. The van der Waals surface area contributed by atoms with Crippen molar-refractivity contribution in [2.75, 3.05) is 25.6 Å². The fourth-order valence-corrected chi connectivity index (χ4v) is 3.78. The van der Waals surface area contributed by atoms with E-state index in [-0.39, 0.29) is 23.1 Å². The monoisotopic (exact) mass is 530 g/mol. The molecule has 0 aliphatic carbocycles. The molecule has 10 heteroatoms. The average Bonchev–Trinajstić information content (AvgIpc) is 2.91. The number of rotatable bonds is 12. The first-order valence-corrected chi connectivity index (χ1v) is 12.7. The van der Waals surface area contributed by atoms with E-state index in [9.17, 15) is 14.9 Å². The van der Waals surface area contributed by atoms with Crippen LogP contribution in [0.4, 0.5) is 34.1 Å². The lowest BCUT2D eigenvalue weighted by atomic mass is 10.0. The summed E-state index contributed by atoms with van der Waals surface area (Å²) in [5.41, 5.74) is 4.33. The van der Waals surface area contributed by atoms with Gasteiger partial charge in [0.05, 0.1) is 23.4 Å². The van der Waals surface area contributed by atoms with E-state index in [1.165, 1.54) is 13.2 Å². The van der Waals surface area contributed by atoms with Gasteiger partial charge in [-0.05, 0) is 67.8 Å². The van der Waals surface area contributed by atoms with Crippen LogP contribution < -0.4 is 9.64 Å². The Bertz CT molecular complexity index is 1380. The number of benzene rings is 3. The van der Waals surface area contributed by atoms with E-state index in [2.05, 4.69) is 25.4 Å². The molecule has 0 aromatic heterocycles. The highest BCUT2D eigenvalue weighted by atomic mass is 16.6. The first kappa shape index (κ1) is 29.1.